The van der Waals surface area contributed by atoms with E-state index in [1.54, 1.807) is 5.32 Å². The van der Waals surface area contributed by atoms with Crippen molar-refractivity contribution < 1.29 is 31.5 Å². The molecule has 0 atom stereocenters. The van der Waals surface area contributed by atoms with Gasteiger partial charge in [-0.25, -0.2) is 13.6 Å². The molecule has 1 amide bonds. The van der Waals surface area contributed by atoms with E-state index in [9.17, 15) is 26.7 Å². The van der Waals surface area contributed by atoms with Crippen molar-refractivity contribution in [2.45, 2.75) is 6.18 Å². The number of carbonyl (C=O) groups excluding carboxylic acids is 1. The van der Waals surface area contributed by atoms with E-state index in [-0.39, 0.29) is 0 Å². The Morgan fingerprint density at radius 3 is 2.44 bits per heavy atom. The van der Waals surface area contributed by atoms with Crippen molar-refractivity contribution >= 4 is 23.4 Å². The molecule has 0 aliphatic carbocycles. The minimum atomic E-state index is -4.71. The molecule has 0 saturated heterocycles. The summed E-state index contributed by atoms with van der Waals surface area (Å²) >= 11 is 5.40. The zero-order valence-electron chi connectivity index (χ0n) is 8.45. The molecule has 0 heterocycles. The van der Waals surface area contributed by atoms with Crippen LogP contribution < -0.4 is 5.32 Å². The van der Waals surface area contributed by atoms with Crippen molar-refractivity contribution in [2.24, 2.45) is 0 Å². The van der Waals surface area contributed by atoms with E-state index in [0.29, 0.717) is 12.1 Å². The fourth-order valence-electron chi connectivity index (χ4n) is 0.947. The lowest BCUT2D eigenvalue weighted by molar-refractivity contribution is -0.159. The molecule has 3 nitrogen and oxygen atoms in total. The van der Waals surface area contributed by atoms with E-state index in [1.807, 2.05) is 0 Å². The predicted molar refractivity (Wildman–Crippen MR) is 52.4 cm³/mol. The van der Waals surface area contributed by atoms with Crippen LogP contribution in [0.3, 0.4) is 0 Å². The van der Waals surface area contributed by atoms with Crippen LogP contribution in [0.4, 0.5) is 32.4 Å². The van der Waals surface area contributed by atoms with Crippen molar-refractivity contribution in [3.05, 3.63) is 28.8 Å². The first-order valence-corrected chi connectivity index (χ1v) is 4.72. The number of ether oxygens (including phenoxy) is 1. The van der Waals surface area contributed by atoms with Crippen LogP contribution in [0.2, 0.25) is 5.02 Å². The maximum Gasteiger partial charge on any atom is 0.422 e. The standard InChI is InChI=1S/C9H5ClF5NO2/c10-5-1-4(11)2-6(12)7(5)16-8(17)18-3-9(13,14)15/h1-2H,3H2,(H,16,17). The Hall–Kier alpha value is -1.57. The van der Waals surface area contributed by atoms with Gasteiger partial charge < -0.3 is 4.74 Å². The van der Waals surface area contributed by atoms with Gasteiger partial charge in [-0.2, -0.15) is 13.2 Å². The number of carbonyl (C=O) groups is 1. The summed E-state index contributed by atoms with van der Waals surface area (Å²) < 4.78 is 64.7. The molecule has 0 radical (unpaired) electrons. The van der Waals surface area contributed by atoms with Crippen LogP contribution in [0.25, 0.3) is 0 Å². The second-order valence-corrected chi connectivity index (χ2v) is 3.47. The Balaban J connectivity index is 2.71. The number of benzene rings is 1. The lowest BCUT2D eigenvalue weighted by atomic mass is 10.3. The second-order valence-electron chi connectivity index (χ2n) is 3.06. The third-order valence-electron chi connectivity index (χ3n) is 1.60. The average molecular weight is 290 g/mol. The highest BCUT2D eigenvalue weighted by Crippen LogP contribution is 2.26. The molecular formula is C9H5ClF5NO2. The summed E-state index contributed by atoms with van der Waals surface area (Å²) in [6.07, 6.45) is -6.26. The van der Waals surface area contributed by atoms with Crippen molar-refractivity contribution in [3.8, 4) is 0 Å². The molecule has 1 aromatic rings. The van der Waals surface area contributed by atoms with Gasteiger partial charge in [0.1, 0.15) is 5.82 Å². The van der Waals surface area contributed by atoms with Gasteiger partial charge in [-0.3, -0.25) is 5.32 Å². The van der Waals surface area contributed by atoms with Crippen molar-refractivity contribution in [1.29, 1.82) is 0 Å². The third-order valence-corrected chi connectivity index (χ3v) is 1.90. The summed E-state index contributed by atoms with van der Waals surface area (Å²) in [5.41, 5.74) is -0.662. The molecule has 1 aromatic carbocycles. The highest BCUT2D eigenvalue weighted by molar-refractivity contribution is 6.33. The van der Waals surface area contributed by atoms with Crippen LogP contribution in [-0.4, -0.2) is 18.9 Å². The number of amides is 1. The Kier molecular flexibility index (Phi) is 4.33. The topological polar surface area (TPSA) is 38.3 Å². The van der Waals surface area contributed by atoms with Gasteiger partial charge in [0.15, 0.2) is 12.4 Å². The van der Waals surface area contributed by atoms with Gasteiger partial charge in [0.25, 0.3) is 0 Å². The van der Waals surface area contributed by atoms with E-state index in [1.165, 1.54) is 0 Å². The summed E-state index contributed by atoms with van der Waals surface area (Å²) in [5, 5.41) is 1.14. The zero-order valence-corrected chi connectivity index (χ0v) is 9.20. The van der Waals surface area contributed by atoms with Gasteiger partial charge in [-0.05, 0) is 6.07 Å². The number of rotatable bonds is 2. The molecule has 0 spiro atoms. The zero-order chi connectivity index (χ0) is 13.9. The molecule has 0 bridgehead atoms. The molecule has 100 valence electrons. The highest BCUT2D eigenvalue weighted by atomic mass is 35.5. The Bertz CT molecular complexity index is 440. The van der Waals surface area contributed by atoms with Gasteiger partial charge in [0, 0.05) is 6.07 Å². The second kappa shape index (κ2) is 5.38. The number of hydrogen-bond donors (Lipinski definition) is 1. The van der Waals surface area contributed by atoms with E-state index >= 15 is 0 Å². The summed E-state index contributed by atoms with van der Waals surface area (Å²) in [5.74, 6) is -2.23. The van der Waals surface area contributed by atoms with E-state index < -0.39 is 41.2 Å². The number of halogens is 6. The Morgan fingerprint density at radius 2 is 1.94 bits per heavy atom. The molecule has 1 N–H and O–H groups in total. The van der Waals surface area contributed by atoms with Crippen molar-refractivity contribution in [2.75, 3.05) is 11.9 Å². The molecule has 0 fully saturated rings. The summed E-state index contributed by atoms with van der Waals surface area (Å²) in [6, 6.07) is 1.09. The molecule has 0 saturated carbocycles. The Labute approximate surface area is 102 Å². The average Bonchev–Trinajstić information content (AvgIpc) is 2.19. The maximum absolute atomic E-state index is 13.1. The van der Waals surface area contributed by atoms with Gasteiger partial charge in [0.05, 0.1) is 10.7 Å². The summed E-state index contributed by atoms with van der Waals surface area (Å²) in [7, 11) is 0. The SMILES string of the molecule is O=C(Nc1c(F)cc(F)cc1Cl)OCC(F)(F)F. The van der Waals surface area contributed by atoms with Crippen LogP contribution in [0, 0.1) is 11.6 Å². The minimum absolute atomic E-state index is 0.408. The molecule has 0 aromatic heterocycles. The lowest BCUT2D eigenvalue weighted by Crippen LogP contribution is -2.23. The third kappa shape index (κ3) is 4.36. The van der Waals surface area contributed by atoms with E-state index in [0.717, 1.165) is 0 Å². The number of hydrogen-bond acceptors (Lipinski definition) is 2. The normalized spacial score (nSPS) is 11.2. The first-order valence-electron chi connectivity index (χ1n) is 4.34. The van der Waals surface area contributed by atoms with Gasteiger partial charge in [0.2, 0.25) is 0 Å². The summed E-state index contributed by atoms with van der Waals surface area (Å²) in [4.78, 5) is 10.9. The molecule has 18 heavy (non-hydrogen) atoms. The largest absolute Gasteiger partial charge is 0.440 e. The van der Waals surface area contributed by atoms with Gasteiger partial charge >= 0.3 is 12.3 Å². The molecule has 0 unspecified atom stereocenters. The van der Waals surface area contributed by atoms with Crippen LogP contribution >= 0.6 is 11.6 Å². The Morgan fingerprint density at radius 1 is 1.33 bits per heavy atom. The van der Waals surface area contributed by atoms with Crippen LogP contribution in [-0.2, 0) is 4.74 Å². The molecule has 0 aliphatic heterocycles. The fraction of sp³-hybridized carbons (Fsp3) is 0.222. The van der Waals surface area contributed by atoms with Crippen LogP contribution in [0.5, 0.6) is 0 Å². The molecular weight excluding hydrogens is 285 g/mol. The predicted octanol–water partition coefficient (Wildman–Crippen LogP) is 3.73. The fourth-order valence-corrected chi connectivity index (χ4v) is 1.19. The molecule has 1 rings (SSSR count). The smallest absolute Gasteiger partial charge is 0.422 e. The van der Waals surface area contributed by atoms with Crippen molar-refractivity contribution in [1.82, 2.24) is 0 Å². The summed E-state index contributed by atoms with van der Waals surface area (Å²) in [6.45, 7) is -1.83. The van der Waals surface area contributed by atoms with Gasteiger partial charge in [-0.15, -0.1) is 0 Å². The lowest BCUT2D eigenvalue weighted by Gasteiger charge is -2.10. The number of alkyl halides is 3. The van der Waals surface area contributed by atoms with Crippen molar-refractivity contribution in [3.63, 3.8) is 0 Å². The maximum atomic E-state index is 13.1. The molecule has 9 heteroatoms. The quantitative estimate of drug-likeness (QED) is 0.843. The first kappa shape index (κ1) is 14.5. The van der Waals surface area contributed by atoms with E-state index in [4.69, 9.17) is 11.6 Å². The van der Waals surface area contributed by atoms with Crippen LogP contribution in [0.1, 0.15) is 0 Å². The minimum Gasteiger partial charge on any atom is -0.440 e. The van der Waals surface area contributed by atoms with E-state index in [2.05, 4.69) is 4.74 Å². The highest BCUT2D eigenvalue weighted by Gasteiger charge is 2.29. The monoisotopic (exact) mass is 289 g/mol. The van der Waals surface area contributed by atoms with Gasteiger partial charge in [-0.1, -0.05) is 11.6 Å². The number of anilines is 1. The molecule has 0 aliphatic rings. The number of nitrogens with one attached hydrogen (secondary N) is 1. The first-order chi connectivity index (χ1) is 8.19. The van der Waals surface area contributed by atoms with Crippen LogP contribution in [0.15, 0.2) is 12.1 Å².